The molecule has 3 aromatic carbocycles. The lowest BCUT2D eigenvalue weighted by Crippen LogP contribution is -2.42. The van der Waals surface area contributed by atoms with Crippen molar-refractivity contribution in [3.8, 4) is 22.6 Å². The van der Waals surface area contributed by atoms with Crippen molar-refractivity contribution in [3.63, 3.8) is 0 Å². The van der Waals surface area contributed by atoms with Crippen LogP contribution in [-0.4, -0.2) is 54.3 Å². The first kappa shape index (κ1) is 34.2. The number of carboxylic acids is 2. The molecule has 0 spiro atoms. The Morgan fingerprint density at radius 3 is 1.95 bits per heavy atom. The van der Waals surface area contributed by atoms with Crippen LogP contribution in [0.5, 0.6) is 11.5 Å². The van der Waals surface area contributed by atoms with E-state index in [2.05, 4.69) is 12.2 Å². The quantitative estimate of drug-likeness (QED) is 0.126. The molecule has 3 aromatic rings. The van der Waals surface area contributed by atoms with E-state index in [4.69, 9.17) is 42.5 Å². The number of ether oxygens (including phenoxy) is 3. The first-order chi connectivity index (χ1) is 21.0. The van der Waals surface area contributed by atoms with Crippen LogP contribution in [0, 0.1) is 0 Å². The fourth-order valence-corrected chi connectivity index (χ4v) is 5.14. The fourth-order valence-electron chi connectivity index (χ4n) is 4.48. The van der Waals surface area contributed by atoms with Gasteiger partial charge in [-0.25, -0.2) is 9.59 Å². The molecule has 0 aliphatic heterocycles. The number of rotatable bonds is 15. The lowest BCUT2D eigenvalue weighted by molar-refractivity contribution is -0.145. The van der Waals surface area contributed by atoms with Gasteiger partial charge in [-0.2, -0.15) is 0 Å². The van der Waals surface area contributed by atoms with Crippen molar-refractivity contribution >= 4 is 47.0 Å². The topological polar surface area (TPSA) is 148 Å². The van der Waals surface area contributed by atoms with Gasteiger partial charge in [0.2, 0.25) is 0 Å². The zero-order valence-electron chi connectivity index (χ0n) is 24.4. The third-order valence-corrected chi connectivity index (χ3v) is 7.35. The summed E-state index contributed by atoms with van der Waals surface area (Å²) in [6.07, 6.45) is 3.05. The van der Waals surface area contributed by atoms with Crippen LogP contribution in [0.4, 0.5) is 0 Å². The minimum atomic E-state index is -1.34. The molecule has 0 aliphatic carbocycles. The Kier molecular flexibility index (Phi) is 12.4. The highest BCUT2D eigenvalue weighted by Gasteiger charge is 2.25. The number of aliphatic carboxylic acids is 1. The summed E-state index contributed by atoms with van der Waals surface area (Å²) in [6, 6.07) is 11.3. The number of aromatic carboxylic acids is 1. The van der Waals surface area contributed by atoms with Gasteiger partial charge in [0.15, 0.2) is 0 Å². The average molecular weight is 647 g/mol. The van der Waals surface area contributed by atoms with Crippen LogP contribution in [0.1, 0.15) is 64.4 Å². The third kappa shape index (κ3) is 8.87. The number of carbonyl (C=O) groups excluding carboxylic acids is 2. The summed E-state index contributed by atoms with van der Waals surface area (Å²) in [5.74, 6) is -2.71. The molecule has 3 rings (SSSR count). The summed E-state index contributed by atoms with van der Waals surface area (Å²) < 4.78 is 16.7. The molecule has 44 heavy (non-hydrogen) atoms. The van der Waals surface area contributed by atoms with Crippen molar-refractivity contribution in [2.75, 3.05) is 14.2 Å². The molecular weight excluding hydrogens is 613 g/mol. The van der Waals surface area contributed by atoms with Crippen molar-refractivity contribution in [1.82, 2.24) is 5.32 Å². The van der Waals surface area contributed by atoms with E-state index in [1.165, 1.54) is 14.2 Å². The molecule has 0 aliphatic rings. The predicted octanol–water partition coefficient (Wildman–Crippen LogP) is 6.43. The van der Waals surface area contributed by atoms with Crippen LogP contribution in [0.15, 0.2) is 48.5 Å². The predicted molar refractivity (Wildman–Crippen MR) is 165 cm³/mol. The minimum absolute atomic E-state index is 0.0688. The van der Waals surface area contributed by atoms with Crippen molar-refractivity contribution < 1.29 is 43.6 Å². The number of esters is 1. The van der Waals surface area contributed by atoms with Crippen LogP contribution in [-0.2, 0) is 27.4 Å². The first-order valence-corrected chi connectivity index (χ1v) is 14.5. The van der Waals surface area contributed by atoms with Crippen LogP contribution in [0.25, 0.3) is 11.1 Å². The number of nitrogens with one attached hydrogen (secondary N) is 1. The fraction of sp³-hybridized carbons (Fsp3) is 0.312. The molecule has 0 saturated heterocycles. The maximum absolute atomic E-state index is 12.9. The Hall–Kier alpha value is -4.28. The number of hydrogen-bond donors (Lipinski definition) is 3. The number of unbranched alkanes of at least 4 members (excludes halogenated alkanes) is 2. The molecule has 3 N–H and O–H groups in total. The first-order valence-electron chi connectivity index (χ1n) is 13.7. The Morgan fingerprint density at radius 2 is 1.45 bits per heavy atom. The highest BCUT2D eigenvalue weighted by molar-refractivity contribution is 6.40. The zero-order valence-corrected chi connectivity index (χ0v) is 26.0. The van der Waals surface area contributed by atoms with Gasteiger partial charge in [-0.05, 0) is 47.4 Å². The molecule has 1 atom stereocenters. The monoisotopic (exact) mass is 645 g/mol. The van der Waals surface area contributed by atoms with Gasteiger partial charge in [0, 0.05) is 12.8 Å². The molecule has 0 saturated carbocycles. The van der Waals surface area contributed by atoms with Gasteiger partial charge in [-0.15, -0.1) is 0 Å². The van der Waals surface area contributed by atoms with Gasteiger partial charge in [0.1, 0.15) is 24.1 Å². The van der Waals surface area contributed by atoms with Crippen LogP contribution in [0.2, 0.25) is 10.0 Å². The summed E-state index contributed by atoms with van der Waals surface area (Å²) in [5, 5.41) is 20.9. The van der Waals surface area contributed by atoms with Crippen molar-refractivity contribution in [1.29, 1.82) is 0 Å². The number of methoxy groups -OCH3 is 2. The second kappa shape index (κ2) is 16.0. The van der Waals surface area contributed by atoms with E-state index in [0.717, 1.165) is 37.0 Å². The summed E-state index contributed by atoms with van der Waals surface area (Å²) >= 11 is 12.2. The van der Waals surface area contributed by atoms with Crippen LogP contribution < -0.4 is 14.8 Å². The van der Waals surface area contributed by atoms with Crippen molar-refractivity contribution in [2.45, 2.75) is 51.7 Å². The van der Waals surface area contributed by atoms with E-state index in [1.54, 1.807) is 36.4 Å². The Bertz CT molecular complexity index is 1470. The highest BCUT2D eigenvalue weighted by atomic mass is 35.5. The molecule has 0 radical (unpaired) electrons. The molecule has 10 nitrogen and oxygen atoms in total. The number of carboxylic acid groups (broad SMARTS) is 2. The summed E-state index contributed by atoms with van der Waals surface area (Å²) in [5.41, 5.74) is 2.23. The molecule has 0 fully saturated rings. The van der Waals surface area contributed by atoms with Gasteiger partial charge in [0.25, 0.3) is 5.91 Å². The minimum Gasteiger partial charge on any atom is -0.496 e. The van der Waals surface area contributed by atoms with Crippen LogP contribution in [0.3, 0.4) is 0 Å². The molecule has 0 aromatic heterocycles. The van der Waals surface area contributed by atoms with Crippen LogP contribution >= 0.6 is 23.2 Å². The van der Waals surface area contributed by atoms with Gasteiger partial charge in [-0.3, -0.25) is 9.59 Å². The number of amides is 1. The van der Waals surface area contributed by atoms with E-state index < -0.39 is 23.9 Å². The van der Waals surface area contributed by atoms with E-state index in [0.29, 0.717) is 34.6 Å². The van der Waals surface area contributed by atoms with E-state index in [9.17, 15) is 24.3 Å². The molecule has 0 heterocycles. The molecule has 0 unspecified atom stereocenters. The summed E-state index contributed by atoms with van der Waals surface area (Å²) in [6.45, 7) is 2.13. The second-order valence-electron chi connectivity index (χ2n) is 9.88. The number of carbonyl (C=O) groups is 4. The number of benzene rings is 3. The summed E-state index contributed by atoms with van der Waals surface area (Å²) in [4.78, 5) is 48.2. The smallest absolute Gasteiger partial charge is 0.335 e. The largest absolute Gasteiger partial charge is 0.496 e. The second-order valence-corrected chi connectivity index (χ2v) is 10.7. The van der Waals surface area contributed by atoms with Crippen molar-refractivity contribution in [2.24, 2.45) is 0 Å². The van der Waals surface area contributed by atoms with E-state index >= 15 is 0 Å². The Morgan fingerprint density at radius 1 is 0.864 bits per heavy atom. The highest BCUT2D eigenvalue weighted by Crippen LogP contribution is 2.40. The SMILES string of the molecule is CCCCCC(=O)OCc1cc(OC)c(-c2ccc(C[C@H](NC(=O)c3c(Cl)cc(C(=O)O)cc3Cl)C(=O)O)cc2)c(OC)c1. The van der Waals surface area contributed by atoms with E-state index in [-0.39, 0.29) is 40.2 Å². The lowest BCUT2D eigenvalue weighted by Gasteiger charge is -2.18. The molecule has 234 valence electrons. The number of halogens is 2. The number of hydrogen-bond acceptors (Lipinski definition) is 7. The average Bonchev–Trinajstić information content (AvgIpc) is 2.99. The standard InChI is InChI=1S/C32H33Cl2NO9/c1-4-5-6-7-27(36)44-17-19-13-25(42-2)28(26(14-19)43-3)20-10-8-18(9-11-20)12-24(32(40)41)35-30(37)29-22(33)15-21(31(38)39)16-23(29)34/h8-11,13-16,24H,4-7,12,17H2,1-3H3,(H,35,37)(H,38,39)(H,40,41)/t24-/m0/s1. The zero-order chi connectivity index (χ0) is 32.4. The molecule has 12 heteroatoms. The van der Waals surface area contributed by atoms with Gasteiger partial charge in [-0.1, -0.05) is 67.2 Å². The van der Waals surface area contributed by atoms with Crippen molar-refractivity contribution in [3.05, 3.63) is 80.8 Å². The molecular formula is C32H33Cl2NO9. The maximum Gasteiger partial charge on any atom is 0.335 e. The van der Waals surface area contributed by atoms with E-state index in [1.807, 2.05) is 0 Å². The molecule has 1 amide bonds. The Balaban J connectivity index is 1.78. The molecule has 0 bridgehead atoms. The lowest BCUT2D eigenvalue weighted by atomic mass is 9.98. The normalized spacial score (nSPS) is 11.4. The Labute approximate surface area is 264 Å². The maximum atomic E-state index is 12.9. The van der Waals surface area contributed by atoms with Gasteiger partial charge < -0.3 is 29.7 Å². The van der Waals surface area contributed by atoms with Gasteiger partial charge in [0.05, 0.1) is 41.0 Å². The van der Waals surface area contributed by atoms with Gasteiger partial charge >= 0.3 is 17.9 Å². The summed E-state index contributed by atoms with van der Waals surface area (Å²) in [7, 11) is 3.03. The third-order valence-electron chi connectivity index (χ3n) is 6.75.